The van der Waals surface area contributed by atoms with E-state index in [1.54, 1.807) is 36.4 Å². The summed E-state index contributed by atoms with van der Waals surface area (Å²) in [6.07, 6.45) is 3.56. The van der Waals surface area contributed by atoms with E-state index in [-0.39, 0.29) is 12.6 Å². The van der Waals surface area contributed by atoms with Gasteiger partial charge in [0.2, 0.25) is 6.79 Å². The van der Waals surface area contributed by atoms with Gasteiger partial charge in [-0.1, -0.05) is 65.7 Å². The van der Waals surface area contributed by atoms with Crippen LogP contribution >= 0.6 is 23.2 Å². The summed E-state index contributed by atoms with van der Waals surface area (Å²) in [5.74, 6) is 1.02. The fourth-order valence-electron chi connectivity index (χ4n) is 4.41. The first kappa shape index (κ1) is 21.4. The maximum Gasteiger partial charge on any atom is 0.231 e. The van der Waals surface area contributed by atoms with Gasteiger partial charge in [0.15, 0.2) is 17.3 Å². The van der Waals surface area contributed by atoms with Crippen molar-refractivity contribution in [3.63, 3.8) is 0 Å². The first-order chi connectivity index (χ1) is 17.0. The molecule has 0 unspecified atom stereocenters. The van der Waals surface area contributed by atoms with E-state index in [4.69, 9.17) is 37.7 Å². The van der Waals surface area contributed by atoms with E-state index < -0.39 is 0 Å². The van der Waals surface area contributed by atoms with Gasteiger partial charge < -0.3 is 9.47 Å². The molecule has 4 aromatic rings. The lowest BCUT2D eigenvalue weighted by molar-refractivity contribution is 0.104. The minimum atomic E-state index is -0.160. The predicted molar refractivity (Wildman–Crippen MR) is 135 cm³/mol. The molecule has 3 aromatic carbocycles. The second kappa shape index (κ2) is 8.28. The van der Waals surface area contributed by atoms with Gasteiger partial charge in [-0.15, -0.1) is 0 Å². The van der Waals surface area contributed by atoms with Crippen molar-refractivity contribution in [1.29, 1.82) is 5.26 Å². The summed E-state index contributed by atoms with van der Waals surface area (Å²) in [6.45, 7) is 0.125. The zero-order valence-electron chi connectivity index (χ0n) is 18.0. The molecule has 6 rings (SSSR count). The van der Waals surface area contributed by atoms with Crippen LogP contribution < -0.4 is 9.47 Å². The first-order valence-electron chi connectivity index (χ1n) is 10.7. The van der Waals surface area contributed by atoms with Crippen molar-refractivity contribution in [2.45, 2.75) is 0 Å². The molecule has 1 aliphatic carbocycles. The third-order valence-corrected chi connectivity index (χ3v) is 6.77. The molecule has 0 saturated heterocycles. The Bertz CT molecular complexity index is 1640. The Kier molecular flexibility index (Phi) is 5.07. The molecule has 5 nitrogen and oxygen atoms in total. The van der Waals surface area contributed by atoms with Crippen LogP contribution in [0.15, 0.2) is 60.7 Å². The summed E-state index contributed by atoms with van der Waals surface area (Å²) in [5, 5.41) is 11.1. The molecule has 0 bridgehead atoms. The van der Waals surface area contributed by atoms with E-state index in [0.29, 0.717) is 60.7 Å². The number of hydrogen-bond acceptors (Lipinski definition) is 5. The number of carbonyl (C=O) groups excluding carboxylic acids is 1. The lowest BCUT2D eigenvalue weighted by Crippen LogP contribution is -2.04. The van der Waals surface area contributed by atoms with Crippen LogP contribution in [0.2, 0.25) is 10.0 Å². The van der Waals surface area contributed by atoms with Gasteiger partial charge in [-0.25, -0.2) is 4.98 Å². The van der Waals surface area contributed by atoms with Crippen molar-refractivity contribution in [2.75, 3.05) is 6.79 Å². The second-order valence-corrected chi connectivity index (χ2v) is 8.85. The Morgan fingerprint density at radius 2 is 1.69 bits per heavy atom. The first-order valence-corrected chi connectivity index (χ1v) is 11.5. The Balaban J connectivity index is 1.60. The van der Waals surface area contributed by atoms with Crippen molar-refractivity contribution in [2.24, 2.45) is 0 Å². The molecule has 0 amide bonds. The van der Waals surface area contributed by atoms with Crippen LogP contribution in [0, 0.1) is 11.3 Å². The number of aromatic nitrogens is 1. The highest BCUT2D eigenvalue weighted by molar-refractivity contribution is 6.42. The van der Waals surface area contributed by atoms with Gasteiger partial charge >= 0.3 is 0 Å². The smallest absolute Gasteiger partial charge is 0.231 e. The maximum absolute atomic E-state index is 13.5. The molecule has 0 N–H and O–H groups in total. The van der Waals surface area contributed by atoms with Gasteiger partial charge in [0.25, 0.3) is 0 Å². The maximum atomic E-state index is 13.5. The fourth-order valence-corrected chi connectivity index (χ4v) is 4.71. The number of benzene rings is 3. The highest BCUT2D eigenvalue weighted by Crippen LogP contribution is 2.45. The quantitative estimate of drug-likeness (QED) is 0.267. The molecule has 0 atom stereocenters. The summed E-state index contributed by atoms with van der Waals surface area (Å²) < 4.78 is 11.0. The average Bonchev–Trinajstić information content (AvgIpc) is 3.46. The average molecular weight is 497 g/mol. The largest absolute Gasteiger partial charge is 0.454 e. The molecule has 0 spiro atoms. The number of nitriles is 1. The Morgan fingerprint density at radius 3 is 2.49 bits per heavy atom. The van der Waals surface area contributed by atoms with Gasteiger partial charge in [0.05, 0.1) is 32.6 Å². The molecule has 2 aliphatic rings. The summed E-state index contributed by atoms with van der Waals surface area (Å²) in [5.41, 5.74) is 4.98. The van der Waals surface area contributed by atoms with Crippen molar-refractivity contribution < 1.29 is 14.3 Å². The van der Waals surface area contributed by atoms with E-state index in [1.807, 2.05) is 36.4 Å². The molecule has 0 radical (unpaired) electrons. The predicted octanol–water partition coefficient (Wildman–Crippen LogP) is 7.04. The number of hydrogen-bond donors (Lipinski definition) is 0. The zero-order valence-corrected chi connectivity index (χ0v) is 19.5. The van der Waals surface area contributed by atoms with E-state index >= 15 is 0 Å². The number of pyridine rings is 1. The monoisotopic (exact) mass is 496 g/mol. The highest BCUT2D eigenvalue weighted by atomic mass is 35.5. The van der Waals surface area contributed by atoms with Crippen LogP contribution in [-0.2, 0) is 0 Å². The van der Waals surface area contributed by atoms with E-state index in [2.05, 4.69) is 6.07 Å². The summed E-state index contributed by atoms with van der Waals surface area (Å²) in [7, 11) is 0. The molecule has 1 aromatic heterocycles. The van der Waals surface area contributed by atoms with Crippen LogP contribution in [0.1, 0.15) is 32.7 Å². The highest BCUT2D eigenvalue weighted by Gasteiger charge is 2.34. The van der Waals surface area contributed by atoms with Crippen LogP contribution in [0.25, 0.3) is 34.5 Å². The summed E-state index contributed by atoms with van der Waals surface area (Å²) >= 11 is 12.2. The van der Waals surface area contributed by atoms with Crippen molar-refractivity contribution >= 4 is 41.1 Å². The van der Waals surface area contributed by atoms with Gasteiger partial charge in [0.1, 0.15) is 6.07 Å². The van der Waals surface area contributed by atoms with E-state index in [9.17, 15) is 10.1 Å². The van der Waals surface area contributed by atoms with Crippen LogP contribution in [-0.4, -0.2) is 17.6 Å². The van der Waals surface area contributed by atoms with E-state index in [0.717, 1.165) is 11.1 Å². The second-order valence-electron chi connectivity index (χ2n) is 8.03. The number of fused-ring (bicyclic) bond motifs is 4. The third-order valence-electron chi connectivity index (χ3n) is 6.03. The Labute approximate surface area is 210 Å². The third kappa shape index (κ3) is 3.47. The zero-order chi connectivity index (χ0) is 24.1. The topological polar surface area (TPSA) is 72.2 Å². The molecule has 35 heavy (non-hydrogen) atoms. The standard InChI is InChI=1S/C28H14Cl2N2O3/c29-20-8-5-15(11-21(20)30)6-9-22-19(13-31)25(16-7-10-23-24(12-16)35-14-34-23)26-27(32-22)17-3-1-2-4-18(17)28(26)33/h1-12H,14H2. The Hall–Kier alpha value is -4.11. The Morgan fingerprint density at radius 1 is 0.886 bits per heavy atom. The molecule has 0 saturated carbocycles. The van der Waals surface area contributed by atoms with Gasteiger partial charge in [0, 0.05) is 16.7 Å². The lowest BCUT2D eigenvalue weighted by Gasteiger charge is -2.13. The van der Waals surface area contributed by atoms with Crippen molar-refractivity contribution in [1.82, 2.24) is 4.98 Å². The normalized spacial score (nSPS) is 13.1. The fraction of sp³-hybridized carbons (Fsp3) is 0.0357. The molecule has 7 heteroatoms. The van der Waals surface area contributed by atoms with Crippen LogP contribution in [0.3, 0.4) is 0 Å². The molecular formula is C28H14Cl2N2O3. The molecular weight excluding hydrogens is 483 g/mol. The molecule has 1 aliphatic heterocycles. The summed E-state index contributed by atoms with van der Waals surface area (Å²) in [4.78, 5) is 18.3. The van der Waals surface area contributed by atoms with Crippen molar-refractivity contribution in [3.05, 3.63) is 98.7 Å². The number of nitrogens with zero attached hydrogens (tertiary/aromatic N) is 2. The van der Waals surface area contributed by atoms with Crippen molar-refractivity contribution in [3.8, 4) is 40.0 Å². The number of rotatable bonds is 3. The number of carbonyl (C=O) groups is 1. The van der Waals surface area contributed by atoms with Crippen LogP contribution in [0.5, 0.6) is 11.5 Å². The van der Waals surface area contributed by atoms with Gasteiger partial charge in [-0.2, -0.15) is 5.26 Å². The minimum Gasteiger partial charge on any atom is -0.454 e. The number of ether oxygens (including phenoxy) is 2. The minimum absolute atomic E-state index is 0.125. The van der Waals surface area contributed by atoms with E-state index in [1.165, 1.54) is 0 Å². The summed E-state index contributed by atoms with van der Waals surface area (Å²) in [6, 6.07) is 20.3. The molecule has 2 heterocycles. The van der Waals surface area contributed by atoms with Gasteiger partial charge in [-0.05, 0) is 41.5 Å². The number of ketones is 1. The number of halogens is 2. The molecule has 0 fully saturated rings. The van der Waals surface area contributed by atoms with Gasteiger partial charge in [-0.3, -0.25) is 4.79 Å². The SMILES string of the molecule is N#Cc1c(C=Cc2ccc(Cl)c(Cl)c2)nc2c(c1-c1ccc3c(c1)OCO3)C(=O)c1ccccc1-2. The van der Waals surface area contributed by atoms with Crippen LogP contribution in [0.4, 0.5) is 0 Å². The molecule has 168 valence electrons. The lowest BCUT2D eigenvalue weighted by atomic mass is 9.91.